The first-order chi connectivity index (χ1) is 12.0. The standard InChI is InChI=1S/C22H22O3/c1-14(2)5-10-17-12-18-20(13-19(17)24-4)25-21(22(18)23)11-16-8-6-15(3)7-9-16/h5-9,11-13H,10H2,1-4H3/b21-11-. The molecular weight excluding hydrogens is 312 g/mol. The third-order valence-corrected chi connectivity index (χ3v) is 4.18. The average Bonchev–Trinajstić information content (AvgIpc) is 2.89. The summed E-state index contributed by atoms with van der Waals surface area (Å²) in [6, 6.07) is 11.7. The van der Waals surface area contributed by atoms with Crippen LogP contribution in [0.4, 0.5) is 0 Å². The van der Waals surface area contributed by atoms with Crippen LogP contribution in [0.5, 0.6) is 11.5 Å². The molecule has 3 rings (SSSR count). The molecule has 0 unspecified atom stereocenters. The molecule has 3 nitrogen and oxygen atoms in total. The van der Waals surface area contributed by atoms with Crippen molar-refractivity contribution in [2.75, 3.05) is 7.11 Å². The van der Waals surface area contributed by atoms with E-state index < -0.39 is 0 Å². The zero-order chi connectivity index (χ0) is 18.0. The number of ether oxygens (including phenoxy) is 2. The number of aryl methyl sites for hydroxylation is 1. The highest BCUT2D eigenvalue weighted by molar-refractivity contribution is 6.14. The minimum absolute atomic E-state index is 0.0864. The Morgan fingerprint density at radius 2 is 1.88 bits per heavy atom. The SMILES string of the molecule is COc1cc2c(cc1CC=C(C)C)C(=O)/C(=C/c1ccc(C)cc1)O2. The van der Waals surface area contributed by atoms with Crippen LogP contribution < -0.4 is 9.47 Å². The normalized spacial score (nSPS) is 14.2. The Morgan fingerprint density at radius 3 is 2.52 bits per heavy atom. The number of benzene rings is 2. The van der Waals surface area contributed by atoms with E-state index in [4.69, 9.17) is 9.47 Å². The van der Waals surface area contributed by atoms with E-state index in [2.05, 4.69) is 19.9 Å². The summed E-state index contributed by atoms with van der Waals surface area (Å²) in [5.74, 6) is 1.55. The summed E-state index contributed by atoms with van der Waals surface area (Å²) in [5, 5.41) is 0. The lowest BCUT2D eigenvalue weighted by atomic mass is 10.0. The number of hydrogen-bond donors (Lipinski definition) is 0. The third-order valence-electron chi connectivity index (χ3n) is 4.18. The Hall–Kier alpha value is -2.81. The van der Waals surface area contributed by atoms with Crippen LogP contribution in [-0.2, 0) is 6.42 Å². The summed E-state index contributed by atoms with van der Waals surface area (Å²) in [6.07, 6.45) is 4.63. The molecule has 2 aromatic carbocycles. The topological polar surface area (TPSA) is 35.5 Å². The average molecular weight is 334 g/mol. The Labute approximate surface area is 148 Å². The third kappa shape index (κ3) is 3.66. The largest absolute Gasteiger partial charge is 0.496 e. The molecule has 2 aromatic rings. The summed E-state index contributed by atoms with van der Waals surface area (Å²) in [7, 11) is 1.63. The van der Waals surface area contributed by atoms with Gasteiger partial charge in [-0.15, -0.1) is 0 Å². The molecule has 0 radical (unpaired) electrons. The lowest BCUT2D eigenvalue weighted by Gasteiger charge is -2.08. The molecule has 0 bridgehead atoms. The first-order valence-corrected chi connectivity index (χ1v) is 8.33. The number of methoxy groups -OCH3 is 1. The molecule has 25 heavy (non-hydrogen) atoms. The van der Waals surface area contributed by atoms with Crippen LogP contribution in [0.15, 0.2) is 53.8 Å². The maximum Gasteiger partial charge on any atom is 0.231 e. The highest BCUT2D eigenvalue weighted by atomic mass is 16.5. The second kappa shape index (κ2) is 6.98. The molecule has 0 N–H and O–H groups in total. The van der Waals surface area contributed by atoms with Crippen molar-refractivity contribution < 1.29 is 14.3 Å². The van der Waals surface area contributed by atoms with Crippen molar-refractivity contribution in [2.45, 2.75) is 27.2 Å². The van der Waals surface area contributed by atoms with E-state index in [9.17, 15) is 4.79 Å². The lowest BCUT2D eigenvalue weighted by molar-refractivity contribution is 0.101. The van der Waals surface area contributed by atoms with Crippen molar-refractivity contribution in [3.05, 3.63) is 76.1 Å². The monoisotopic (exact) mass is 334 g/mol. The van der Waals surface area contributed by atoms with E-state index in [-0.39, 0.29) is 5.78 Å². The fraction of sp³-hybridized carbons (Fsp3) is 0.227. The Morgan fingerprint density at radius 1 is 1.16 bits per heavy atom. The first kappa shape index (κ1) is 17.0. The predicted molar refractivity (Wildman–Crippen MR) is 100 cm³/mol. The quantitative estimate of drug-likeness (QED) is 0.574. The van der Waals surface area contributed by atoms with E-state index in [1.807, 2.05) is 37.3 Å². The molecule has 128 valence electrons. The number of allylic oxidation sites excluding steroid dienone is 3. The number of rotatable bonds is 4. The van der Waals surface area contributed by atoms with Crippen LogP contribution in [0.1, 0.15) is 40.9 Å². The Balaban J connectivity index is 1.95. The van der Waals surface area contributed by atoms with Crippen LogP contribution in [0.2, 0.25) is 0 Å². The van der Waals surface area contributed by atoms with Gasteiger partial charge in [-0.25, -0.2) is 0 Å². The second-order valence-electron chi connectivity index (χ2n) is 6.50. The number of ketones is 1. The van der Waals surface area contributed by atoms with Crippen molar-refractivity contribution in [2.24, 2.45) is 0 Å². The van der Waals surface area contributed by atoms with Gasteiger partial charge in [0.25, 0.3) is 0 Å². The molecule has 0 aliphatic carbocycles. The molecule has 1 aliphatic heterocycles. The fourth-order valence-electron chi connectivity index (χ4n) is 2.74. The maximum atomic E-state index is 12.7. The smallest absolute Gasteiger partial charge is 0.231 e. The summed E-state index contributed by atoms with van der Waals surface area (Å²) in [5.41, 5.74) is 4.92. The molecule has 0 aromatic heterocycles. The minimum Gasteiger partial charge on any atom is -0.496 e. The number of hydrogen-bond acceptors (Lipinski definition) is 3. The lowest BCUT2D eigenvalue weighted by Crippen LogP contribution is -1.99. The molecule has 3 heteroatoms. The summed E-state index contributed by atoms with van der Waals surface area (Å²) in [6.45, 7) is 6.14. The number of fused-ring (bicyclic) bond motifs is 1. The van der Waals surface area contributed by atoms with E-state index >= 15 is 0 Å². The van der Waals surface area contributed by atoms with Gasteiger partial charge in [0.1, 0.15) is 11.5 Å². The van der Waals surface area contributed by atoms with Crippen LogP contribution in [-0.4, -0.2) is 12.9 Å². The second-order valence-corrected chi connectivity index (χ2v) is 6.50. The molecule has 0 amide bonds. The molecule has 1 heterocycles. The van der Waals surface area contributed by atoms with Gasteiger partial charge in [-0.05, 0) is 50.5 Å². The molecular formula is C22H22O3. The van der Waals surface area contributed by atoms with Crippen LogP contribution >= 0.6 is 0 Å². The molecule has 0 saturated heterocycles. The highest BCUT2D eigenvalue weighted by Gasteiger charge is 2.29. The van der Waals surface area contributed by atoms with E-state index in [0.717, 1.165) is 23.3 Å². The summed E-state index contributed by atoms with van der Waals surface area (Å²) in [4.78, 5) is 12.7. The first-order valence-electron chi connectivity index (χ1n) is 8.33. The zero-order valence-corrected chi connectivity index (χ0v) is 15.1. The van der Waals surface area contributed by atoms with Crippen LogP contribution in [0.25, 0.3) is 6.08 Å². The molecule has 1 aliphatic rings. The highest BCUT2D eigenvalue weighted by Crippen LogP contribution is 2.37. The van der Waals surface area contributed by atoms with Crippen molar-refractivity contribution >= 4 is 11.9 Å². The van der Waals surface area contributed by atoms with Gasteiger partial charge in [0, 0.05) is 6.07 Å². The summed E-state index contributed by atoms with van der Waals surface area (Å²) >= 11 is 0. The van der Waals surface area contributed by atoms with Gasteiger partial charge in [-0.3, -0.25) is 4.79 Å². The van der Waals surface area contributed by atoms with Gasteiger partial charge in [-0.1, -0.05) is 41.5 Å². The van der Waals surface area contributed by atoms with Gasteiger partial charge in [-0.2, -0.15) is 0 Å². The number of Topliss-reactive ketones (excluding diaryl/α,β-unsaturated/α-hetero) is 1. The van der Waals surface area contributed by atoms with Crippen molar-refractivity contribution in [1.29, 1.82) is 0 Å². The zero-order valence-electron chi connectivity index (χ0n) is 15.1. The predicted octanol–water partition coefficient (Wildman–Crippen LogP) is 5.13. The van der Waals surface area contributed by atoms with Crippen molar-refractivity contribution in [3.63, 3.8) is 0 Å². The van der Waals surface area contributed by atoms with Gasteiger partial charge in [0.15, 0.2) is 5.76 Å². The van der Waals surface area contributed by atoms with E-state index in [1.165, 1.54) is 11.1 Å². The summed E-state index contributed by atoms with van der Waals surface area (Å²) < 4.78 is 11.3. The Kier molecular flexibility index (Phi) is 4.75. The van der Waals surface area contributed by atoms with Gasteiger partial charge in [0.05, 0.1) is 12.7 Å². The molecule has 0 atom stereocenters. The fourth-order valence-corrected chi connectivity index (χ4v) is 2.74. The van der Waals surface area contributed by atoms with E-state index in [0.29, 0.717) is 17.1 Å². The van der Waals surface area contributed by atoms with Crippen LogP contribution in [0.3, 0.4) is 0 Å². The van der Waals surface area contributed by atoms with Gasteiger partial charge < -0.3 is 9.47 Å². The van der Waals surface area contributed by atoms with Crippen molar-refractivity contribution in [3.8, 4) is 11.5 Å². The van der Waals surface area contributed by atoms with Gasteiger partial charge >= 0.3 is 0 Å². The minimum atomic E-state index is -0.0864. The number of carbonyl (C=O) groups excluding carboxylic acids is 1. The molecule has 0 spiro atoms. The maximum absolute atomic E-state index is 12.7. The molecule has 0 fully saturated rings. The Bertz CT molecular complexity index is 867. The van der Waals surface area contributed by atoms with Crippen LogP contribution in [0, 0.1) is 6.92 Å². The van der Waals surface area contributed by atoms with Crippen molar-refractivity contribution in [1.82, 2.24) is 0 Å². The number of carbonyl (C=O) groups is 1. The van der Waals surface area contributed by atoms with Gasteiger partial charge in [0.2, 0.25) is 5.78 Å². The molecule has 0 saturated carbocycles. The van der Waals surface area contributed by atoms with E-state index in [1.54, 1.807) is 19.3 Å².